The normalized spacial score (nSPS) is 10.5. The van der Waals surface area contributed by atoms with Crippen LogP contribution >= 0.6 is 22.9 Å². The first-order valence-electron chi connectivity index (χ1n) is 3.58. The standard InChI is InChI=1S/C9H5ClO2S/c10-9(12)7-4-13-8-3-5(11)1-2-6(7)8/h1-4,11H. The molecule has 0 saturated carbocycles. The number of fused-ring (bicyclic) bond motifs is 1. The molecule has 0 aliphatic heterocycles. The van der Waals surface area contributed by atoms with Crippen LogP contribution in [0.2, 0.25) is 0 Å². The molecule has 4 heteroatoms. The third-order valence-corrected chi connectivity index (χ3v) is 2.92. The van der Waals surface area contributed by atoms with Gasteiger partial charge >= 0.3 is 0 Å². The highest BCUT2D eigenvalue weighted by atomic mass is 35.5. The summed E-state index contributed by atoms with van der Waals surface area (Å²) in [5, 5.41) is 11.2. The van der Waals surface area contributed by atoms with E-state index in [1.807, 2.05) is 0 Å². The number of carbonyl (C=O) groups excluding carboxylic acids is 1. The van der Waals surface area contributed by atoms with Gasteiger partial charge in [0, 0.05) is 15.5 Å². The van der Waals surface area contributed by atoms with E-state index in [1.54, 1.807) is 23.6 Å². The summed E-state index contributed by atoms with van der Waals surface area (Å²) < 4.78 is 0.865. The molecule has 0 bridgehead atoms. The fraction of sp³-hybridized carbons (Fsp3) is 0. The van der Waals surface area contributed by atoms with Gasteiger partial charge in [-0.05, 0) is 29.8 Å². The number of halogens is 1. The van der Waals surface area contributed by atoms with Crippen molar-refractivity contribution in [1.82, 2.24) is 0 Å². The Hall–Kier alpha value is -1.06. The fourth-order valence-corrected chi connectivity index (χ4v) is 2.36. The Morgan fingerprint density at radius 2 is 2.23 bits per heavy atom. The van der Waals surface area contributed by atoms with Crippen molar-refractivity contribution >= 4 is 38.3 Å². The molecule has 0 aliphatic carbocycles. The molecule has 13 heavy (non-hydrogen) atoms. The molecule has 66 valence electrons. The zero-order valence-corrected chi connectivity index (χ0v) is 8.02. The Labute approximate surface area is 83.4 Å². The van der Waals surface area contributed by atoms with E-state index < -0.39 is 5.24 Å². The Morgan fingerprint density at radius 1 is 1.46 bits per heavy atom. The fourth-order valence-electron chi connectivity index (χ4n) is 1.17. The van der Waals surface area contributed by atoms with Crippen molar-refractivity contribution in [2.75, 3.05) is 0 Å². The predicted molar refractivity (Wildman–Crippen MR) is 53.7 cm³/mol. The predicted octanol–water partition coefficient (Wildman–Crippen LogP) is 2.99. The van der Waals surface area contributed by atoms with Crippen molar-refractivity contribution in [2.45, 2.75) is 0 Å². The molecule has 0 spiro atoms. The Morgan fingerprint density at radius 3 is 2.92 bits per heavy atom. The van der Waals surface area contributed by atoms with Crippen molar-refractivity contribution in [1.29, 1.82) is 0 Å². The van der Waals surface area contributed by atoms with E-state index in [1.165, 1.54) is 11.3 Å². The Balaban J connectivity index is 2.76. The van der Waals surface area contributed by atoms with Crippen molar-refractivity contribution in [3.8, 4) is 5.75 Å². The van der Waals surface area contributed by atoms with Crippen LogP contribution in [-0.4, -0.2) is 10.3 Å². The molecule has 0 saturated heterocycles. The monoisotopic (exact) mass is 212 g/mol. The molecular weight excluding hydrogens is 208 g/mol. The van der Waals surface area contributed by atoms with Crippen LogP contribution in [0.3, 0.4) is 0 Å². The SMILES string of the molecule is O=C(Cl)c1csc2cc(O)ccc12. The maximum atomic E-state index is 10.9. The second-order valence-corrected chi connectivity index (χ2v) is 3.86. The topological polar surface area (TPSA) is 37.3 Å². The highest BCUT2D eigenvalue weighted by molar-refractivity contribution is 7.17. The number of phenolic OH excluding ortho intramolecular Hbond substituents is 1. The van der Waals surface area contributed by atoms with E-state index in [2.05, 4.69) is 0 Å². The van der Waals surface area contributed by atoms with Crippen molar-refractivity contribution in [2.24, 2.45) is 0 Å². The number of carbonyl (C=O) groups is 1. The van der Waals surface area contributed by atoms with Gasteiger partial charge in [0.2, 0.25) is 0 Å². The van der Waals surface area contributed by atoms with Crippen LogP contribution in [0.15, 0.2) is 23.6 Å². The highest BCUT2D eigenvalue weighted by Crippen LogP contribution is 2.29. The molecule has 0 unspecified atom stereocenters. The molecule has 2 aromatic rings. The van der Waals surface area contributed by atoms with Gasteiger partial charge in [-0.15, -0.1) is 11.3 Å². The summed E-state index contributed by atoms with van der Waals surface area (Å²) in [5.41, 5.74) is 0.502. The lowest BCUT2D eigenvalue weighted by atomic mass is 10.2. The first kappa shape index (κ1) is 8.53. The summed E-state index contributed by atoms with van der Waals surface area (Å²) in [6.45, 7) is 0. The van der Waals surface area contributed by atoms with Gasteiger partial charge in [-0.2, -0.15) is 0 Å². The summed E-state index contributed by atoms with van der Waals surface area (Å²) in [6.07, 6.45) is 0. The minimum Gasteiger partial charge on any atom is -0.508 e. The summed E-state index contributed by atoms with van der Waals surface area (Å²) in [5.74, 6) is 0.197. The van der Waals surface area contributed by atoms with E-state index in [0.29, 0.717) is 5.56 Å². The smallest absolute Gasteiger partial charge is 0.253 e. The van der Waals surface area contributed by atoms with Gasteiger partial charge in [-0.1, -0.05) is 0 Å². The number of phenols is 1. The van der Waals surface area contributed by atoms with E-state index in [9.17, 15) is 4.79 Å². The molecule has 1 aromatic carbocycles. The molecular formula is C9H5ClO2S. The quantitative estimate of drug-likeness (QED) is 0.738. The third-order valence-electron chi connectivity index (χ3n) is 1.77. The molecule has 1 N–H and O–H groups in total. The summed E-state index contributed by atoms with van der Waals surface area (Å²) in [7, 11) is 0. The maximum Gasteiger partial charge on any atom is 0.253 e. The van der Waals surface area contributed by atoms with Crippen LogP contribution in [0.4, 0.5) is 0 Å². The number of aromatic hydroxyl groups is 1. The van der Waals surface area contributed by atoms with Crippen molar-refractivity contribution in [3.63, 3.8) is 0 Å². The molecule has 0 atom stereocenters. The molecule has 0 radical (unpaired) electrons. The third kappa shape index (κ3) is 1.41. The average molecular weight is 213 g/mol. The molecule has 0 amide bonds. The van der Waals surface area contributed by atoms with Gasteiger partial charge in [-0.25, -0.2) is 0 Å². The van der Waals surface area contributed by atoms with Crippen LogP contribution in [-0.2, 0) is 0 Å². The van der Waals surface area contributed by atoms with Crippen molar-refractivity contribution in [3.05, 3.63) is 29.1 Å². The van der Waals surface area contributed by atoms with E-state index >= 15 is 0 Å². The second-order valence-electron chi connectivity index (χ2n) is 2.60. The van der Waals surface area contributed by atoms with E-state index in [-0.39, 0.29) is 5.75 Å². The minimum atomic E-state index is -0.461. The maximum absolute atomic E-state index is 10.9. The number of benzene rings is 1. The lowest BCUT2D eigenvalue weighted by molar-refractivity contribution is 0.108. The van der Waals surface area contributed by atoms with Gasteiger partial charge in [0.25, 0.3) is 5.24 Å². The van der Waals surface area contributed by atoms with Gasteiger partial charge in [-0.3, -0.25) is 4.79 Å². The molecule has 1 aromatic heterocycles. The lowest BCUT2D eigenvalue weighted by Crippen LogP contribution is -1.84. The second kappa shape index (κ2) is 3.01. The number of rotatable bonds is 1. The van der Waals surface area contributed by atoms with Crippen LogP contribution in [0, 0.1) is 0 Å². The van der Waals surface area contributed by atoms with Gasteiger partial charge < -0.3 is 5.11 Å². The van der Waals surface area contributed by atoms with Crippen LogP contribution in [0.5, 0.6) is 5.75 Å². The van der Waals surface area contributed by atoms with Crippen LogP contribution in [0.25, 0.3) is 10.1 Å². The number of hydrogen-bond donors (Lipinski definition) is 1. The first-order chi connectivity index (χ1) is 6.18. The number of hydrogen-bond acceptors (Lipinski definition) is 3. The minimum absolute atomic E-state index is 0.197. The van der Waals surface area contributed by atoms with E-state index in [0.717, 1.165) is 10.1 Å². The van der Waals surface area contributed by atoms with Crippen molar-refractivity contribution < 1.29 is 9.90 Å². The largest absolute Gasteiger partial charge is 0.508 e. The zero-order valence-electron chi connectivity index (χ0n) is 6.45. The molecule has 2 nitrogen and oxygen atoms in total. The van der Waals surface area contributed by atoms with E-state index in [4.69, 9.17) is 16.7 Å². The van der Waals surface area contributed by atoms with Crippen LogP contribution < -0.4 is 0 Å². The molecule has 0 aliphatic rings. The molecule has 2 rings (SSSR count). The molecule has 1 heterocycles. The first-order valence-corrected chi connectivity index (χ1v) is 4.84. The van der Waals surface area contributed by atoms with Gasteiger partial charge in [0.15, 0.2) is 0 Å². The summed E-state index contributed by atoms with van der Waals surface area (Å²) >= 11 is 6.76. The van der Waals surface area contributed by atoms with Gasteiger partial charge in [0.05, 0.1) is 5.56 Å². The summed E-state index contributed by atoms with van der Waals surface area (Å²) in [6, 6.07) is 4.85. The lowest BCUT2D eigenvalue weighted by Gasteiger charge is -1.92. The average Bonchev–Trinajstić information content (AvgIpc) is 2.46. The van der Waals surface area contributed by atoms with Crippen LogP contribution in [0.1, 0.15) is 10.4 Å². The Bertz CT molecular complexity index is 475. The summed E-state index contributed by atoms with van der Waals surface area (Å²) in [4.78, 5) is 10.9. The number of thiophene rings is 1. The molecule has 0 fully saturated rings. The zero-order chi connectivity index (χ0) is 9.42. The highest BCUT2D eigenvalue weighted by Gasteiger charge is 2.09. The Kier molecular flexibility index (Phi) is 1.98. The van der Waals surface area contributed by atoms with Gasteiger partial charge in [0.1, 0.15) is 5.75 Å².